The Kier molecular flexibility index (Phi) is 5.23. The van der Waals surface area contributed by atoms with Crippen LogP contribution in [0.25, 0.3) is 11.0 Å². The molecular formula is C21H26N6O. The van der Waals surface area contributed by atoms with E-state index in [1.54, 1.807) is 17.1 Å². The quantitative estimate of drug-likeness (QED) is 0.712. The number of carbonyl (C=O) groups is 1. The van der Waals surface area contributed by atoms with Crippen molar-refractivity contribution in [1.29, 1.82) is 0 Å². The van der Waals surface area contributed by atoms with E-state index in [2.05, 4.69) is 25.7 Å². The molecule has 1 amide bonds. The number of hydrogen-bond donors (Lipinski definition) is 2. The molecule has 0 spiro atoms. The van der Waals surface area contributed by atoms with E-state index < -0.39 is 0 Å². The Bertz CT molecular complexity index is 960. The summed E-state index contributed by atoms with van der Waals surface area (Å²) < 4.78 is 1.75. The molecule has 0 saturated heterocycles. The maximum Gasteiger partial charge on any atom is 0.223 e. The zero-order chi connectivity index (χ0) is 19.5. The summed E-state index contributed by atoms with van der Waals surface area (Å²) in [6.45, 7) is 2.00. The summed E-state index contributed by atoms with van der Waals surface area (Å²) in [6, 6.07) is 8.17. The minimum atomic E-state index is -0.0232. The highest BCUT2D eigenvalue weighted by Crippen LogP contribution is 2.27. The Morgan fingerprint density at radius 3 is 2.61 bits per heavy atom. The van der Waals surface area contributed by atoms with Crippen molar-refractivity contribution in [3.8, 4) is 0 Å². The smallest absolute Gasteiger partial charge is 0.223 e. The number of aromatic nitrogens is 4. The second-order valence-electron chi connectivity index (χ2n) is 7.61. The number of carbonyl (C=O) groups excluding carboxylic acids is 1. The summed E-state index contributed by atoms with van der Waals surface area (Å²) >= 11 is 0. The van der Waals surface area contributed by atoms with E-state index >= 15 is 0 Å². The second-order valence-corrected chi connectivity index (χ2v) is 7.61. The van der Waals surface area contributed by atoms with Gasteiger partial charge in [-0.15, -0.1) is 0 Å². The van der Waals surface area contributed by atoms with Gasteiger partial charge in [-0.3, -0.25) is 14.5 Å². The van der Waals surface area contributed by atoms with Crippen molar-refractivity contribution in [3.05, 3.63) is 48.4 Å². The first kappa shape index (κ1) is 18.4. The van der Waals surface area contributed by atoms with Crippen molar-refractivity contribution in [2.45, 2.75) is 44.7 Å². The van der Waals surface area contributed by atoms with Gasteiger partial charge in [0.15, 0.2) is 0 Å². The minimum Gasteiger partial charge on any atom is -0.366 e. The number of fused-ring (bicyclic) bond motifs is 1. The summed E-state index contributed by atoms with van der Waals surface area (Å²) in [5, 5.41) is 10.8. The van der Waals surface area contributed by atoms with E-state index in [0.29, 0.717) is 6.04 Å². The third kappa shape index (κ3) is 4.13. The fourth-order valence-electron chi connectivity index (χ4n) is 3.81. The third-order valence-electron chi connectivity index (χ3n) is 5.48. The van der Waals surface area contributed by atoms with Crippen LogP contribution in [-0.4, -0.2) is 31.7 Å². The van der Waals surface area contributed by atoms with Gasteiger partial charge in [0.05, 0.1) is 29.5 Å². The standard InChI is InChI=1S/C21H26N6O/c1-14(16-11-23-27(2)13-16)24-21(28)15-7-9-17(10-8-15)25-20-12-22-18-5-3-4-6-19(18)26-20/h3-6,11-15,17H,7-10H2,1-2H3,(H,24,28)(H,25,26). The lowest BCUT2D eigenvalue weighted by atomic mass is 9.85. The Balaban J connectivity index is 1.29. The van der Waals surface area contributed by atoms with E-state index in [4.69, 9.17) is 0 Å². The van der Waals surface area contributed by atoms with Crippen LogP contribution in [0, 0.1) is 5.92 Å². The average Bonchev–Trinajstić information content (AvgIpc) is 3.15. The SMILES string of the molecule is CC(NC(=O)C1CCC(Nc2cnc3ccccc3n2)CC1)c1cnn(C)c1. The van der Waals surface area contributed by atoms with Crippen molar-refractivity contribution in [2.75, 3.05) is 5.32 Å². The zero-order valence-corrected chi connectivity index (χ0v) is 16.3. The van der Waals surface area contributed by atoms with E-state index in [9.17, 15) is 4.79 Å². The van der Waals surface area contributed by atoms with Gasteiger partial charge in [-0.25, -0.2) is 4.98 Å². The number of para-hydroxylation sites is 2. The molecule has 1 aromatic carbocycles. The second kappa shape index (κ2) is 7.96. The van der Waals surface area contributed by atoms with Crippen molar-refractivity contribution in [1.82, 2.24) is 25.1 Å². The van der Waals surface area contributed by atoms with Crippen LogP contribution >= 0.6 is 0 Å². The van der Waals surface area contributed by atoms with Crippen LogP contribution in [0.15, 0.2) is 42.9 Å². The Morgan fingerprint density at radius 2 is 1.89 bits per heavy atom. The van der Waals surface area contributed by atoms with Crippen molar-refractivity contribution >= 4 is 22.8 Å². The van der Waals surface area contributed by atoms with Crippen molar-refractivity contribution in [3.63, 3.8) is 0 Å². The van der Waals surface area contributed by atoms with Gasteiger partial charge >= 0.3 is 0 Å². The zero-order valence-electron chi connectivity index (χ0n) is 16.3. The largest absolute Gasteiger partial charge is 0.366 e. The summed E-state index contributed by atoms with van der Waals surface area (Å²) in [7, 11) is 1.88. The highest BCUT2D eigenvalue weighted by Gasteiger charge is 2.27. The van der Waals surface area contributed by atoms with Crippen LogP contribution < -0.4 is 10.6 Å². The molecule has 28 heavy (non-hydrogen) atoms. The van der Waals surface area contributed by atoms with Gasteiger partial charge in [0, 0.05) is 30.8 Å². The molecule has 0 radical (unpaired) electrons. The first-order chi connectivity index (χ1) is 13.6. The molecule has 1 saturated carbocycles. The molecule has 146 valence electrons. The summed E-state index contributed by atoms with van der Waals surface area (Å²) in [5.41, 5.74) is 2.82. The highest BCUT2D eigenvalue weighted by atomic mass is 16.1. The van der Waals surface area contributed by atoms with Gasteiger partial charge in [-0.2, -0.15) is 5.10 Å². The number of aryl methyl sites for hydroxylation is 1. The van der Waals surface area contributed by atoms with Crippen LogP contribution in [0.2, 0.25) is 0 Å². The van der Waals surface area contributed by atoms with E-state index in [0.717, 1.165) is 48.1 Å². The first-order valence-electron chi connectivity index (χ1n) is 9.86. The van der Waals surface area contributed by atoms with Crippen LogP contribution in [-0.2, 0) is 11.8 Å². The van der Waals surface area contributed by atoms with E-state index in [-0.39, 0.29) is 17.9 Å². The number of amides is 1. The fourth-order valence-corrected chi connectivity index (χ4v) is 3.81. The Morgan fingerprint density at radius 1 is 1.14 bits per heavy atom. The van der Waals surface area contributed by atoms with Gasteiger partial charge < -0.3 is 10.6 Å². The predicted octanol–water partition coefficient (Wildman–Crippen LogP) is 3.21. The van der Waals surface area contributed by atoms with Gasteiger partial charge in [0.2, 0.25) is 5.91 Å². The summed E-state index contributed by atoms with van der Waals surface area (Å²) in [5.74, 6) is 1.01. The van der Waals surface area contributed by atoms with Gasteiger partial charge in [0.25, 0.3) is 0 Å². The normalized spacial score (nSPS) is 20.6. The van der Waals surface area contributed by atoms with Crippen molar-refractivity contribution < 1.29 is 4.79 Å². The molecule has 7 nitrogen and oxygen atoms in total. The lowest BCUT2D eigenvalue weighted by molar-refractivity contribution is -0.126. The summed E-state index contributed by atoms with van der Waals surface area (Å²) in [4.78, 5) is 21.7. The number of benzene rings is 1. The molecule has 3 aromatic rings. The van der Waals surface area contributed by atoms with E-state index in [1.165, 1.54) is 0 Å². The van der Waals surface area contributed by atoms with Crippen molar-refractivity contribution in [2.24, 2.45) is 13.0 Å². The lowest BCUT2D eigenvalue weighted by Crippen LogP contribution is -2.37. The molecular weight excluding hydrogens is 352 g/mol. The molecule has 4 rings (SSSR count). The van der Waals surface area contributed by atoms with E-state index in [1.807, 2.05) is 44.4 Å². The first-order valence-corrected chi connectivity index (χ1v) is 9.86. The molecule has 1 atom stereocenters. The third-order valence-corrected chi connectivity index (χ3v) is 5.48. The van der Waals surface area contributed by atoms with Crippen LogP contribution in [0.1, 0.15) is 44.2 Å². The number of nitrogens with one attached hydrogen (secondary N) is 2. The maximum atomic E-state index is 12.6. The van der Waals surface area contributed by atoms with Gasteiger partial charge in [-0.05, 0) is 44.7 Å². The monoisotopic (exact) mass is 378 g/mol. The minimum absolute atomic E-state index is 0.0232. The maximum absolute atomic E-state index is 12.6. The summed E-state index contributed by atoms with van der Waals surface area (Å²) in [6.07, 6.45) is 9.19. The molecule has 1 unspecified atom stereocenters. The van der Waals surface area contributed by atoms with Crippen LogP contribution in [0.3, 0.4) is 0 Å². The lowest BCUT2D eigenvalue weighted by Gasteiger charge is -2.29. The number of anilines is 1. The molecule has 2 heterocycles. The van der Waals surface area contributed by atoms with Gasteiger partial charge in [-0.1, -0.05) is 12.1 Å². The number of hydrogen-bond acceptors (Lipinski definition) is 5. The number of rotatable bonds is 5. The number of nitrogens with zero attached hydrogens (tertiary/aromatic N) is 4. The molecule has 1 aliphatic carbocycles. The molecule has 7 heteroatoms. The predicted molar refractivity (Wildman–Crippen MR) is 109 cm³/mol. The Hall–Kier alpha value is -2.96. The topological polar surface area (TPSA) is 84.7 Å². The molecule has 1 aliphatic rings. The molecule has 2 aromatic heterocycles. The van der Waals surface area contributed by atoms with Crippen LogP contribution in [0.5, 0.6) is 0 Å². The molecule has 2 N–H and O–H groups in total. The average molecular weight is 378 g/mol. The molecule has 0 bridgehead atoms. The van der Waals surface area contributed by atoms with Crippen LogP contribution in [0.4, 0.5) is 5.82 Å². The molecule has 1 fully saturated rings. The highest BCUT2D eigenvalue weighted by molar-refractivity contribution is 5.79. The molecule has 0 aliphatic heterocycles. The fraction of sp³-hybridized carbons (Fsp3) is 0.429. The Labute approximate surface area is 164 Å². The van der Waals surface area contributed by atoms with Gasteiger partial charge in [0.1, 0.15) is 5.82 Å².